The maximum atomic E-state index is 11.9. The summed E-state index contributed by atoms with van der Waals surface area (Å²) < 4.78 is 0. The summed E-state index contributed by atoms with van der Waals surface area (Å²) in [4.78, 5) is 23.7. The predicted octanol–water partition coefficient (Wildman–Crippen LogP) is 0.375. The number of nitrogen functional groups attached to an aromatic ring is 1. The van der Waals surface area contributed by atoms with E-state index in [9.17, 15) is 4.79 Å². The largest absolute Gasteiger partial charge is 0.347 e. The number of carbonyl (C=O) groups excluding carboxylic acids is 1. The number of hydrogen-bond acceptors (Lipinski definition) is 6. The van der Waals surface area contributed by atoms with Crippen LogP contribution in [0.2, 0.25) is 0 Å². The first-order chi connectivity index (χ1) is 9.01. The molecule has 0 aliphatic heterocycles. The molecule has 0 fully saturated rings. The van der Waals surface area contributed by atoms with Crippen LogP contribution in [0.3, 0.4) is 0 Å². The number of carbonyl (C=O) groups is 1. The molecule has 19 heavy (non-hydrogen) atoms. The van der Waals surface area contributed by atoms with Gasteiger partial charge >= 0.3 is 0 Å². The Kier molecular flexibility index (Phi) is 5.50. The lowest BCUT2D eigenvalue weighted by Crippen LogP contribution is -2.38. The maximum Gasteiger partial charge on any atom is 0.241 e. The van der Waals surface area contributed by atoms with Crippen molar-refractivity contribution in [3.63, 3.8) is 0 Å². The molecular weight excluding hydrogens is 244 g/mol. The Morgan fingerprint density at radius 1 is 1.42 bits per heavy atom. The van der Waals surface area contributed by atoms with E-state index in [1.165, 1.54) is 6.33 Å². The average molecular weight is 266 g/mol. The van der Waals surface area contributed by atoms with Crippen LogP contribution in [0.4, 0.5) is 11.6 Å². The van der Waals surface area contributed by atoms with Crippen molar-refractivity contribution in [2.75, 3.05) is 37.5 Å². The number of nitrogens with one attached hydrogen (secondary N) is 1. The summed E-state index contributed by atoms with van der Waals surface area (Å²) in [6.07, 6.45) is 2.37. The molecule has 1 rings (SSSR count). The van der Waals surface area contributed by atoms with Gasteiger partial charge in [0.05, 0.1) is 6.54 Å². The highest BCUT2D eigenvalue weighted by atomic mass is 16.2. The second kappa shape index (κ2) is 6.89. The number of aromatic nitrogens is 2. The Bertz CT molecular complexity index is 434. The van der Waals surface area contributed by atoms with Gasteiger partial charge in [-0.3, -0.25) is 4.79 Å². The molecule has 7 nitrogen and oxygen atoms in total. The van der Waals surface area contributed by atoms with Crippen LogP contribution in [0.5, 0.6) is 0 Å². The Labute approximate surface area is 113 Å². The number of nitrogens with zero attached hydrogens (tertiary/aromatic N) is 4. The number of hydrazine groups is 1. The molecule has 0 spiro atoms. The molecule has 0 bridgehead atoms. The van der Waals surface area contributed by atoms with Gasteiger partial charge in [0, 0.05) is 26.2 Å². The summed E-state index contributed by atoms with van der Waals surface area (Å²) in [5.41, 5.74) is 3.37. The lowest BCUT2D eigenvalue weighted by Gasteiger charge is -2.26. The van der Waals surface area contributed by atoms with Gasteiger partial charge in [-0.25, -0.2) is 15.8 Å². The minimum Gasteiger partial charge on any atom is -0.347 e. The molecule has 3 N–H and O–H groups in total. The van der Waals surface area contributed by atoms with Crippen molar-refractivity contribution in [3.8, 4) is 0 Å². The average Bonchev–Trinajstić information content (AvgIpc) is 2.38. The summed E-state index contributed by atoms with van der Waals surface area (Å²) in [6, 6.07) is 0. The van der Waals surface area contributed by atoms with Crippen molar-refractivity contribution in [3.05, 3.63) is 11.9 Å². The highest BCUT2D eigenvalue weighted by Gasteiger charge is 2.17. The third-order valence-corrected chi connectivity index (χ3v) is 2.81. The first-order valence-electron chi connectivity index (χ1n) is 6.24. The maximum absolute atomic E-state index is 11.9. The normalized spacial score (nSPS) is 10.2. The van der Waals surface area contributed by atoms with Crippen LogP contribution in [-0.4, -0.2) is 48.0 Å². The van der Waals surface area contributed by atoms with Crippen molar-refractivity contribution in [1.29, 1.82) is 0 Å². The molecule has 0 aliphatic carbocycles. The Hall–Kier alpha value is -1.89. The summed E-state index contributed by atoms with van der Waals surface area (Å²) in [6.45, 7) is 4.99. The minimum atomic E-state index is 0.0359. The number of hydrogen-bond donors (Lipinski definition) is 2. The van der Waals surface area contributed by atoms with Gasteiger partial charge in [-0.15, -0.1) is 0 Å². The number of rotatable bonds is 6. The summed E-state index contributed by atoms with van der Waals surface area (Å²) in [5, 5.41) is 0. The Morgan fingerprint density at radius 3 is 2.63 bits per heavy atom. The van der Waals surface area contributed by atoms with Gasteiger partial charge in [0.1, 0.15) is 18.0 Å². The highest BCUT2D eigenvalue weighted by Crippen LogP contribution is 2.21. The van der Waals surface area contributed by atoms with E-state index in [-0.39, 0.29) is 5.91 Å². The van der Waals surface area contributed by atoms with Crippen molar-refractivity contribution in [1.82, 2.24) is 14.9 Å². The number of nitrogens with two attached hydrogens (primary N) is 1. The van der Waals surface area contributed by atoms with Gasteiger partial charge in [-0.05, 0) is 13.3 Å². The van der Waals surface area contributed by atoms with Crippen LogP contribution in [0.25, 0.3) is 0 Å². The zero-order valence-electron chi connectivity index (χ0n) is 12.0. The third kappa shape index (κ3) is 3.78. The molecule has 0 saturated heterocycles. The summed E-state index contributed by atoms with van der Waals surface area (Å²) in [7, 11) is 3.48. The van der Waals surface area contributed by atoms with E-state index in [4.69, 9.17) is 5.84 Å². The Balaban J connectivity index is 3.02. The van der Waals surface area contributed by atoms with E-state index >= 15 is 0 Å². The molecule has 0 radical (unpaired) electrons. The fourth-order valence-corrected chi connectivity index (χ4v) is 1.74. The molecule has 0 unspecified atom stereocenters. The van der Waals surface area contributed by atoms with E-state index < -0.39 is 0 Å². The molecule has 1 heterocycles. The molecule has 7 heteroatoms. The van der Waals surface area contributed by atoms with Crippen LogP contribution < -0.4 is 16.2 Å². The molecule has 0 aliphatic rings. The van der Waals surface area contributed by atoms with Gasteiger partial charge in [0.2, 0.25) is 5.91 Å². The zero-order valence-corrected chi connectivity index (χ0v) is 12.0. The molecule has 1 amide bonds. The van der Waals surface area contributed by atoms with E-state index in [1.54, 1.807) is 19.0 Å². The first-order valence-corrected chi connectivity index (χ1v) is 6.24. The smallest absolute Gasteiger partial charge is 0.241 e. The number of amides is 1. The standard InChI is InChI=1S/C12H22N6O/c1-5-6-18(7-10(19)17(3)4)12-9(2)11(16-13)14-8-15-12/h8H,5-7,13H2,1-4H3,(H,14,15,16). The van der Waals surface area contributed by atoms with E-state index in [0.717, 1.165) is 24.3 Å². The van der Waals surface area contributed by atoms with Crippen LogP contribution in [0, 0.1) is 6.92 Å². The molecule has 0 saturated carbocycles. The second-order valence-electron chi connectivity index (χ2n) is 4.52. The molecular formula is C12H22N6O. The molecule has 1 aromatic rings. The lowest BCUT2D eigenvalue weighted by molar-refractivity contribution is -0.127. The minimum absolute atomic E-state index is 0.0359. The highest BCUT2D eigenvalue weighted by molar-refractivity contribution is 5.81. The molecule has 1 aromatic heterocycles. The molecule has 0 aromatic carbocycles. The van der Waals surface area contributed by atoms with Crippen molar-refractivity contribution < 1.29 is 4.79 Å². The molecule has 106 valence electrons. The van der Waals surface area contributed by atoms with Crippen molar-refractivity contribution >= 4 is 17.5 Å². The van der Waals surface area contributed by atoms with Gasteiger partial charge in [0.25, 0.3) is 0 Å². The topological polar surface area (TPSA) is 87.4 Å². The Morgan fingerprint density at radius 2 is 2.11 bits per heavy atom. The quantitative estimate of drug-likeness (QED) is 0.571. The number of likely N-dealkylation sites (N-methyl/N-ethyl adjacent to an activating group) is 1. The van der Waals surface area contributed by atoms with Crippen LogP contribution in [0.15, 0.2) is 6.33 Å². The number of anilines is 2. The van der Waals surface area contributed by atoms with Crippen LogP contribution >= 0.6 is 0 Å². The van der Waals surface area contributed by atoms with Crippen molar-refractivity contribution in [2.24, 2.45) is 5.84 Å². The first kappa shape index (κ1) is 15.2. The third-order valence-electron chi connectivity index (χ3n) is 2.81. The molecule has 0 atom stereocenters. The van der Waals surface area contributed by atoms with E-state index in [0.29, 0.717) is 12.4 Å². The van der Waals surface area contributed by atoms with Crippen molar-refractivity contribution in [2.45, 2.75) is 20.3 Å². The SMILES string of the molecule is CCCN(CC(=O)N(C)C)c1ncnc(NN)c1C. The van der Waals surface area contributed by atoms with Gasteiger partial charge in [-0.1, -0.05) is 6.92 Å². The fraction of sp³-hybridized carbons (Fsp3) is 0.583. The lowest BCUT2D eigenvalue weighted by atomic mass is 10.2. The second-order valence-corrected chi connectivity index (χ2v) is 4.52. The van der Waals surface area contributed by atoms with E-state index in [1.807, 2.05) is 11.8 Å². The van der Waals surface area contributed by atoms with Gasteiger partial charge < -0.3 is 15.2 Å². The zero-order chi connectivity index (χ0) is 14.4. The van der Waals surface area contributed by atoms with E-state index in [2.05, 4.69) is 22.3 Å². The predicted molar refractivity (Wildman–Crippen MR) is 75.8 cm³/mol. The summed E-state index contributed by atoms with van der Waals surface area (Å²) >= 11 is 0. The van der Waals surface area contributed by atoms with Crippen LogP contribution in [-0.2, 0) is 4.79 Å². The van der Waals surface area contributed by atoms with Crippen LogP contribution in [0.1, 0.15) is 18.9 Å². The van der Waals surface area contributed by atoms with Gasteiger partial charge in [0.15, 0.2) is 0 Å². The van der Waals surface area contributed by atoms with Gasteiger partial charge in [-0.2, -0.15) is 0 Å². The fourth-order valence-electron chi connectivity index (χ4n) is 1.74. The monoisotopic (exact) mass is 266 g/mol. The summed E-state index contributed by atoms with van der Waals surface area (Å²) in [5.74, 6) is 6.75.